The van der Waals surface area contributed by atoms with Crippen LogP contribution in [0.5, 0.6) is 17.2 Å². The minimum absolute atomic E-state index is 0.0485. The van der Waals surface area contributed by atoms with E-state index in [0.29, 0.717) is 35.4 Å². The molecule has 0 atom stereocenters. The van der Waals surface area contributed by atoms with Crippen molar-refractivity contribution in [3.05, 3.63) is 41.4 Å². The van der Waals surface area contributed by atoms with Gasteiger partial charge in [-0.05, 0) is 12.1 Å². The second-order valence-corrected chi connectivity index (χ2v) is 5.66. The van der Waals surface area contributed by atoms with Crippen molar-refractivity contribution in [2.75, 3.05) is 30.4 Å². The quantitative estimate of drug-likeness (QED) is 0.793. The molecule has 0 unspecified atom stereocenters. The lowest BCUT2D eigenvalue weighted by Gasteiger charge is -2.20. The second kappa shape index (κ2) is 8.09. The van der Waals surface area contributed by atoms with Crippen LogP contribution in [-0.4, -0.2) is 32.3 Å². The summed E-state index contributed by atoms with van der Waals surface area (Å²) in [6.07, 6.45) is 0. The molecular weight excluding hydrogens is 370 g/mol. The standard InChI is InChI=1S/C17H15ClF2N2O4/c18-10-7-14-15(25-6-5-24-14)8-12(10)22-16(23)9-21-11-3-1-2-4-13(11)26-17(19)20/h1-4,7-8,17,21H,5-6,9H2,(H,22,23). The molecule has 0 aliphatic carbocycles. The number of para-hydroxylation sites is 2. The Morgan fingerprint density at radius 1 is 1.15 bits per heavy atom. The number of benzene rings is 2. The smallest absolute Gasteiger partial charge is 0.387 e. The highest BCUT2D eigenvalue weighted by molar-refractivity contribution is 6.34. The summed E-state index contributed by atoms with van der Waals surface area (Å²) in [5.41, 5.74) is 0.635. The Bertz CT molecular complexity index is 804. The summed E-state index contributed by atoms with van der Waals surface area (Å²) in [4.78, 5) is 12.1. The summed E-state index contributed by atoms with van der Waals surface area (Å²) < 4.78 is 40.1. The van der Waals surface area contributed by atoms with Crippen LogP contribution in [0.3, 0.4) is 0 Å². The zero-order chi connectivity index (χ0) is 18.5. The number of fused-ring (bicyclic) bond motifs is 1. The van der Waals surface area contributed by atoms with E-state index >= 15 is 0 Å². The number of hydrogen-bond donors (Lipinski definition) is 2. The number of rotatable bonds is 6. The first-order chi connectivity index (χ1) is 12.5. The van der Waals surface area contributed by atoms with Gasteiger partial charge >= 0.3 is 6.61 Å². The molecule has 0 fully saturated rings. The highest BCUT2D eigenvalue weighted by atomic mass is 35.5. The van der Waals surface area contributed by atoms with Crippen LogP contribution in [0, 0.1) is 0 Å². The maximum absolute atomic E-state index is 12.4. The molecule has 2 N–H and O–H groups in total. The van der Waals surface area contributed by atoms with Crippen LogP contribution in [-0.2, 0) is 4.79 Å². The minimum atomic E-state index is -2.96. The molecule has 26 heavy (non-hydrogen) atoms. The predicted octanol–water partition coefficient (Wildman–Crippen LogP) is 3.76. The van der Waals surface area contributed by atoms with Crippen LogP contribution in [0.1, 0.15) is 0 Å². The highest BCUT2D eigenvalue weighted by Crippen LogP contribution is 2.38. The third kappa shape index (κ3) is 4.45. The molecule has 1 heterocycles. The van der Waals surface area contributed by atoms with Gasteiger partial charge in [0.1, 0.15) is 19.0 Å². The maximum atomic E-state index is 12.4. The lowest BCUT2D eigenvalue weighted by Crippen LogP contribution is -2.22. The molecule has 0 saturated carbocycles. The average molecular weight is 385 g/mol. The van der Waals surface area contributed by atoms with Gasteiger partial charge in [0.2, 0.25) is 5.91 Å². The fourth-order valence-corrected chi connectivity index (χ4v) is 2.54. The number of nitrogens with one attached hydrogen (secondary N) is 2. The average Bonchev–Trinajstić information content (AvgIpc) is 2.61. The first-order valence-electron chi connectivity index (χ1n) is 7.69. The lowest BCUT2D eigenvalue weighted by molar-refractivity contribution is -0.114. The normalized spacial score (nSPS) is 12.6. The summed E-state index contributed by atoms with van der Waals surface area (Å²) in [7, 11) is 0. The third-order valence-corrected chi connectivity index (χ3v) is 3.76. The molecule has 0 bridgehead atoms. The number of carbonyl (C=O) groups excluding carboxylic acids is 1. The molecule has 2 aromatic rings. The van der Waals surface area contributed by atoms with E-state index < -0.39 is 12.5 Å². The van der Waals surface area contributed by atoms with Gasteiger partial charge in [-0.3, -0.25) is 4.79 Å². The largest absolute Gasteiger partial charge is 0.486 e. The van der Waals surface area contributed by atoms with Gasteiger partial charge in [-0.1, -0.05) is 23.7 Å². The van der Waals surface area contributed by atoms with E-state index in [-0.39, 0.29) is 18.0 Å². The van der Waals surface area contributed by atoms with Crippen molar-refractivity contribution in [1.29, 1.82) is 0 Å². The molecule has 0 saturated heterocycles. The number of amides is 1. The molecule has 3 rings (SSSR count). The molecule has 0 radical (unpaired) electrons. The van der Waals surface area contributed by atoms with Crippen LogP contribution >= 0.6 is 11.6 Å². The zero-order valence-electron chi connectivity index (χ0n) is 13.4. The molecule has 1 aliphatic rings. The molecule has 6 nitrogen and oxygen atoms in total. The van der Waals surface area contributed by atoms with Crippen molar-refractivity contribution in [2.24, 2.45) is 0 Å². The Kier molecular flexibility index (Phi) is 5.62. The van der Waals surface area contributed by atoms with Crippen molar-refractivity contribution < 1.29 is 27.8 Å². The van der Waals surface area contributed by atoms with Gasteiger partial charge in [0.15, 0.2) is 11.5 Å². The minimum Gasteiger partial charge on any atom is -0.486 e. The van der Waals surface area contributed by atoms with Gasteiger partial charge in [0, 0.05) is 12.1 Å². The monoisotopic (exact) mass is 384 g/mol. The van der Waals surface area contributed by atoms with Crippen LogP contribution in [0.15, 0.2) is 36.4 Å². The first kappa shape index (κ1) is 18.1. The highest BCUT2D eigenvalue weighted by Gasteiger charge is 2.16. The Labute approximate surface area is 153 Å². The van der Waals surface area contributed by atoms with Crippen molar-refractivity contribution in [1.82, 2.24) is 0 Å². The summed E-state index contributed by atoms with van der Waals surface area (Å²) in [5.74, 6) is 0.526. The summed E-state index contributed by atoms with van der Waals surface area (Å²) in [6.45, 7) is -2.29. The molecule has 1 amide bonds. The molecule has 1 aliphatic heterocycles. The van der Waals surface area contributed by atoms with Gasteiger partial charge in [-0.25, -0.2) is 0 Å². The molecule has 0 spiro atoms. The fraction of sp³-hybridized carbons (Fsp3) is 0.235. The second-order valence-electron chi connectivity index (χ2n) is 5.25. The van der Waals surface area contributed by atoms with Crippen molar-refractivity contribution >= 4 is 28.9 Å². The van der Waals surface area contributed by atoms with Gasteiger partial charge in [0.25, 0.3) is 0 Å². The zero-order valence-corrected chi connectivity index (χ0v) is 14.2. The summed E-state index contributed by atoms with van der Waals surface area (Å²) >= 11 is 6.13. The van der Waals surface area contributed by atoms with E-state index in [1.165, 1.54) is 12.1 Å². The van der Waals surface area contributed by atoms with Gasteiger partial charge in [-0.2, -0.15) is 8.78 Å². The van der Waals surface area contributed by atoms with Crippen LogP contribution in [0.2, 0.25) is 5.02 Å². The predicted molar refractivity (Wildman–Crippen MR) is 92.6 cm³/mol. The number of ether oxygens (including phenoxy) is 3. The molecule has 138 valence electrons. The first-order valence-corrected chi connectivity index (χ1v) is 8.07. The Hall–Kier alpha value is -2.74. The van der Waals surface area contributed by atoms with Gasteiger partial charge in [0.05, 0.1) is 22.9 Å². The van der Waals surface area contributed by atoms with Crippen LogP contribution in [0.25, 0.3) is 0 Å². The number of carbonyl (C=O) groups is 1. The maximum Gasteiger partial charge on any atom is 0.387 e. The molecule has 2 aromatic carbocycles. The SMILES string of the molecule is O=C(CNc1ccccc1OC(F)F)Nc1cc2c(cc1Cl)OCCO2. The molecule has 0 aromatic heterocycles. The Morgan fingerprint density at radius 3 is 2.58 bits per heavy atom. The van der Waals surface area contributed by atoms with Gasteiger partial charge in [-0.15, -0.1) is 0 Å². The number of hydrogen-bond acceptors (Lipinski definition) is 5. The number of alkyl halides is 2. The van der Waals surface area contributed by atoms with Crippen molar-refractivity contribution in [2.45, 2.75) is 6.61 Å². The van der Waals surface area contributed by atoms with Crippen LogP contribution in [0.4, 0.5) is 20.2 Å². The summed E-state index contributed by atoms with van der Waals surface area (Å²) in [6, 6.07) is 9.23. The number of anilines is 2. The number of halogens is 3. The fourth-order valence-electron chi connectivity index (χ4n) is 2.34. The third-order valence-electron chi connectivity index (χ3n) is 3.45. The molecular formula is C17H15ClF2N2O4. The topological polar surface area (TPSA) is 68.8 Å². The van der Waals surface area contributed by atoms with E-state index in [2.05, 4.69) is 15.4 Å². The Balaban J connectivity index is 1.63. The van der Waals surface area contributed by atoms with Crippen molar-refractivity contribution in [3.8, 4) is 17.2 Å². The van der Waals surface area contributed by atoms with E-state index in [4.69, 9.17) is 21.1 Å². The van der Waals surface area contributed by atoms with E-state index in [1.54, 1.807) is 24.3 Å². The summed E-state index contributed by atoms with van der Waals surface area (Å²) in [5, 5.41) is 5.68. The molecule has 9 heteroatoms. The van der Waals surface area contributed by atoms with Gasteiger partial charge < -0.3 is 24.8 Å². The Morgan fingerprint density at radius 2 is 1.85 bits per heavy atom. The van der Waals surface area contributed by atoms with Crippen LogP contribution < -0.4 is 24.8 Å². The van der Waals surface area contributed by atoms with E-state index in [9.17, 15) is 13.6 Å². The van der Waals surface area contributed by atoms with E-state index in [1.807, 2.05) is 0 Å². The van der Waals surface area contributed by atoms with E-state index in [0.717, 1.165) is 0 Å². The van der Waals surface area contributed by atoms with Crippen molar-refractivity contribution in [3.63, 3.8) is 0 Å². The lowest BCUT2D eigenvalue weighted by atomic mass is 10.2.